The minimum Gasteiger partial charge on any atom is -0.493 e. The molecule has 3 aromatic rings. The van der Waals surface area contributed by atoms with Crippen LogP contribution in [0.4, 0.5) is 4.79 Å². The minimum atomic E-state index is -3.05. The van der Waals surface area contributed by atoms with E-state index in [2.05, 4.69) is 16.2 Å². The quantitative estimate of drug-likeness (QED) is 0.574. The first-order valence-electron chi connectivity index (χ1n) is 9.80. The van der Waals surface area contributed by atoms with Crippen molar-refractivity contribution in [3.63, 3.8) is 0 Å². The first kappa shape index (κ1) is 23.0. The molecule has 1 aromatic carbocycles. The molecule has 1 fully saturated rings. The van der Waals surface area contributed by atoms with E-state index in [1.807, 2.05) is 46.2 Å². The molecule has 0 bridgehead atoms. The Hall–Kier alpha value is -3.65. The number of methoxy groups -OCH3 is 1. The summed E-state index contributed by atoms with van der Waals surface area (Å²) in [5, 5.41) is 23.5. The van der Waals surface area contributed by atoms with E-state index in [1.54, 1.807) is 7.11 Å². The van der Waals surface area contributed by atoms with Crippen LogP contribution in [0, 0.1) is 11.3 Å². The Balaban J connectivity index is 0.000000247. The standard InChI is InChI=1S/C17H14N4O.C4H9NO4S/c1-22-15-9-8-14(12-4-2-11(10-18)3-5-12)21-17(15)19-16(20-21)13-6-7-13;1-10(8,9)3-2-5-4(6)7/h2-5,8-9,13H,6-7H2,1H3;5H,2-3H2,1H3,(H,6,7). The van der Waals surface area contributed by atoms with Crippen LogP contribution >= 0.6 is 0 Å². The number of fused-ring (bicyclic) bond motifs is 1. The van der Waals surface area contributed by atoms with Crippen LogP contribution in [0.3, 0.4) is 0 Å². The van der Waals surface area contributed by atoms with Crippen LogP contribution in [0.1, 0.15) is 30.1 Å². The number of rotatable bonds is 6. The number of nitrogens with zero attached hydrogens (tertiary/aromatic N) is 4. The van der Waals surface area contributed by atoms with E-state index in [-0.39, 0.29) is 12.3 Å². The third kappa shape index (κ3) is 5.95. The Morgan fingerprint density at radius 3 is 2.50 bits per heavy atom. The molecular weight excluding hydrogens is 434 g/mol. The molecular formula is C21H23N5O5S. The number of benzene rings is 1. The van der Waals surface area contributed by atoms with Gasteiger partial charge < -0.3 is 15.2 Å². The molecule has 2 heterocycles. The van der Waals surface area contributed by atoms with Gasteiger partial charge in [0.05, 0.1) is 30.2 Å². The molecule has 0 spiro atoms. The summed E-state index contributed by atoms with van der Waals surface area (Å²) in [5.41, 5.74) is 3.33. The van der Waals surface area contributed by atoms with Gasteiger partial charge in [-0.2, -0.15) is 10.4 Å². The van der Waals surface area contributed by atoms with Gasteiger partial charge in [-0.05, 0) is 37.1 Å². The van der Waals surface area contributed by atoms with Gasteiger partial charge >= 0.3 is 6.09 Å². The molecule has 32 heavy (non-hydrogen) atoms. The molecule has 1 aliphatic carbocycles. The topological polar surface area (TPSA) is 147 Å². The maximum absolute atomic E-state index is 10.4. The van der Waals surface area contributed by atoms with Crippen molar-refractivity contribution in [2.45, 2.75) is 18.8 Å². The lowest BCUT2D eigenvalue weighted by atomic mass is 10.1. The Kier molecular flexibility index (Phi) is 6.95. The zero-order valence-corrected chi connectivity index (χ0v) is 18.5. The van der Waals surface area contributed by atoms with Gasteiger partial charge in [-0.25, -0.2) is 22.7 Å². The Bertz CT molecular complexity index is 1260. The van der Waals surface area contributed by atoms with Crippen LogP contribution in [0.15, 0.2) is 36.4 Å². The molecule has 1 saturated carbocycles. The highest BCUT2D eigenvalue weighted by Crippen LogP contribution is 2.39. The number of nitrogens with one attached hydrogen (secondary N) is 1. The van der Waals surface area contributed by atoms with Crippen molar-refractivity contribution in [1.29, 1.82) is 5.26 Å². The summed E-state index contributed by atoms with van der Waals surface area (Å²) >= 11 is 0. The second-order valence-corrected chi connectivity index (χ2v) is 9.58. The number of carbonyl (C=O) groups is 1. The van der Waals surface area contributed by atoms with Crippen molar-refractivity contribution in [2.75, 3.05) is 25.7 Å². The Morgan fingerprint density at radius 1 is 1.28 bits per heavy atom. The Morgan fingerprint density at radius 2 is 1.97 bits per heavy atom. The highest BCUT2D eigenvalue weighted by molar-refractivity contribution is 7.90. The highest BCUT2D eigenvalue weighted by atomic mass is 32.2. The summed E-state index contributed by atoms with van der Waals surface area (Å²) < 4.78 is 28.0. The molecule has 2 N–H and O–H groups in total. The van der Waals surface area contributed by atoms with Crippen molar-refractivity contribution in [2.24, 2.45) is 0 Å². The maximum atomic E-state index is 10.4. The van der Waals surface area contributed by atoms with Crippen LogP contribution in [-0.4, -0.2) is 59.9 Å². The Labute approximate surface area is 185 Å². The number of hydrogen-bond donors (Lipinski definition) is 2. The fraction of sp³-hybridized carbons (Fsp3) is 0.333. The zero-order chi connectivity index (χ0) is 23.3. The molecule has 0 aliphatic heterocycles. The summed E-state index contributed by atoms with van der Waals surface area (Å²) in [6, 6.07) is 13.5. The average molecular weight is 458 g/mol. The van der Waals surface area contributed by atoms with Gasteiger partial charge in [0.1, 0.15) is 9.84 Å². The van der Waals surface area contributed by atoms with Crippen LogP contribution in [0.2, 0.25) is 0 Å². The molecule has 0 saturated heterocycles. The molecule has 0 radical (unpaired) electrons. The number of pyridine rings is 1. The maximum Gasteiger partial charge on any atom is 0.404 e. The van der Waals surface area contributed by atoms with E-state index in [4.69, 9.17) is 15.1 Å². The largest absolute Gasteiger partial charge is 0.493 e. The predicted octanol–water partition coefficient (Wildman–Crippen LogP) is 2.45. The third-order valence-electron chi connectivity index (χ3n) is 4.69. The summed E-state index contributed by atoms with van der Waals surface area (Å²) in [6.45, 7) is -0.0475. The third-order valence-corrected chi connectivity index (χ3v) is 5.63. The summed E-state index contributed by atoms with van der Waals surface area (Å²) in [6.07, 6.45) is 2.16. The lowest BCUT2D eigenvalue weighted by Gasteiger charge is -2.07. The summed E-state index contributed by atoms with van der Waals surface area (Å²) in [7, 11) is -1.40. The molecule has 168 valence electrons. The number of ether oxygens (including phenoxy) is 1. The van der Waals surface area contributed by atoms with Gasteiger partial charge in [-0.15, -0.1) is 0 Å². The summed E-state index contributed by atoms with van der Waals surface area (Å²) in [4.78, 5) is 14.4. The van der Waals surface area contributed by atoms with Crippen LogP contribution in [0.25, 0.3) is 16.9 Å². The van der Waals surface area contributed by atoms with Crippen molar-refractivity contribution >= 4 is 21.6 Å². The number of nitriles is 1. The number of carboxylic acid groups (broad SMARTS) is 1. The fourth-order valence-corrected chi connectivity index (χ4v) is 3.38. The predicted molar refractivity (Wildman–Crippen MR) is 117 cm³/mol. The van der Waals surface area contributed by atoms with Crippen LogP contribution < -0.4 is 10.1 Å². The highest BCUT2D eigenvalue weighted by Gasteiger charge is 2.29. The number of amides is 1. The zero-order valence-electron chi connectivity index (χ0n) is 17.6. The van der Waals surface area contributed by atoms with Gasteiger partial charge in [0.2, 0.25) is 0 Å². The first-order chi connectivity index (χ1) is 15.2. The first-order valence-corrected chi connectivity index (χ1v) is 11.9. The number of aromatic nitrogens is 3. The molecule has 0 unspecified atom stereocenters. The molecule has 1 aliphatic rings. The van der Waals surface area contributed by atoms with Crippen molar-refractivity contribution in [3.05, 3.63) is 47.8 Å². The van der Waals surface area contributed by atoms with E-state index in [9.17, 15) is 13.2 Å². The molecule has 10 nitrogen and oxygen atoms in total. The summed E-state index contributed by atoms with van der Waals surface area (Å²) in [5.74, 6) is 1.94. The van der Waals surface area contributed by atoms with Crippen molar-refractivity contribution in [3.8, 4) is 23.1 Å². The van der Waals surface area contributed by atoms with E-state index in [0.29, 0.717) is 11.5 Å². The molecule has 2 aromatic heterocycles. The fourth-order valence-electron chi connectivity index (χ4n) is 2.91. The minimum absolute atomic E-state index is 0.0475. The van der Waals surface area contributed by atoms with Gasteiger partial charge in [-0.3, -0.25) is 0 Å². The number of sulfone groups is 1. The van der Waals surface area contributed by atoms with E-state index in [1.165, 1.54) is 0 Å². The van der Waals surface area contributed by atoms with Gasteiger partial charge in [0.25, 0.3) is 0 Å². The normalized spacial score (nSPS) is 13.0. The van der Waals surface area contributed by atoms with E-state index in [0.717, 1.165) is 47.6 Å². The average Bonchev–Trinajstić information content (AvgIpc) is 3.50. The van der Waals surface area contributed by atoms with Crippen molar-refractivity contribution < 1.29 is 23.1 Å². The van der Waals surface area contributed by atoms with Crippen LogP contribution in [-0.2, 0) is 9.84 Å². The van der Waals surface area contributed by atoms with Gasteiger partial charge in [-0.1, -0.05) is 12.1 Å². The van der Waals surface area contributed by atoms with Crippen molar-refractivity contribution in [1.82, 2.24) is 19.9 Å². The van der Waals surface area contributed by atoms with E-state index < -0.39 is 15.9 Å². The molecule has 0 atom stereocenters. The van der Waals surface area contributed by atoms with Gasteiger partial charge in [0.15, 0.2) is 17.2 Å². The smallest absolute Gasteiger partial charge is 0.404 e. The van der Waals surface area contributed by atoms with Crippen LogP contribution in [0.5, 0.6) is 5.75 Å². The number of hydrogen-bond acceptors (Lipinski definition) is 7. The second kappa shape index (κ2) is 9.65. The molecule has 4 rings (SSSR count). The lowest BCUT2D eigenvalue weighted by Crippen LogP contribution is -2.26. The van der Waals surface area contributed by atoms with Gasteiger partial charge in [0, 0.05) is 24.3 Å². The lowest BCUT2D eigenvalue weighted by molar-refractivity contribution is 0.195. The molecule has 11 heteroatoms. The second-order valence-electron chi connectivity index (χ2n) is 7.32. The van der Waals surface area contributed by atoms with E-state index >= 15 is 0 Å². The SMILES string of the molecule is COc1ccc(-c2ccc(C#N)cc2)n2nc(C3CC3)nc12.CS(=O)(=O)CCNC(=O)O. The monoisotopic (exact) mass is 457 g/mol. The molecule has 1 amide bonds.